The maximum absolute atomic E-state index is 9.35. The number of fused-ring (bicyclic) bond motifs is 1. The second-order valence-corrected chi connectivity index (χ2v) is 5.43. The van der Waals surface area contributed by atoms with Gasteiger partial charge in [-0.25, -0.2) is 4.98 Å². The van der Waals surface area contributed by atoms with E-state index in [2.05, 4.69) is 35.0 Å². The van der Waals surface area contributed by atoms with Gasteiger partial charge in [0, 0.05) is 23.9 Å². The average Bonchev–Trinajstić information content (AvgIpc) is 2.96. The van der Waals surface area contributed by atoms with Gasteiger partial charge in [0.1, 0.15) is 16.8 Å². The first-order valence-corrected chi connectivity index (χ1v) is 6.72. The molecular formula is C13H11N5S. The van der Waals surface area contributed by atoms with E-state index in [9.17, 15) is 5.26 Å². The summed E-state index contributed by atoms with van der Waals surface area (Å²) in [5.74, 6) is 0.336. The molecule has 19 heavy (non-hydrogen) atoms. The topological polar surface area (TPSA) is 66.9 Å². The molecular weight excluding hydrogens is 258 g/mol. The minimum absolute atomic E-state index is 0.336. The van der Waals surface area contributed by atoms with Gasteiger partial charge in [-0.15, -0.1) is 0 Å². The lowest BCUT2D eigenvalue weighted by Crippen LogP contribution is -1.93. The van der Waals surface area contributed by atoms with E-state index in [-0.39, 0.29) is 0 Å². The van der Waals surface area contributed by atoms with Crippen LogP contribution in [0.15, 0.2) is 24.5 Å². The molecule has 0 bridgehead atoms. The Bertz CT molecular complexity index is 764. The van der Waals surface area contributed by atoms with Crippen molar-refractivity contribution in [1.82, 2.24) is 19.6 Å². The summed E-state index contributed by atoms with van der Waals surface area (Å²) in [6.07, 6.45) is 3.38. The predicted octanol–water partition coefficient (Wildman–Crippen LogP) is 2.85. The van der Waals surface area contributed by atoms with Crippen molar-refractivity contribution in [1.29, 1.82) is 5.26 Å². The maximum atomic E-state index is 9.35. The standard InChI is InChI=1S/C13H11N5S/c1-8(2)12-17-18-10(7-14)11(16-13(18)19-12)9-3-5-15-6-4-9/h3-6,8H,1-2H3. The lowest BCUT2D eigenvalue weighted by atomic mass is 10.2. The van der Waals surface area contributed by atoms with Crippen LogP contribution in [0.5, 0.6) is 0 Å². The summed E-state index contributed by atoms with van der Waals surface area (Å²) < 4.78 is 1.63. The molecule has 3 aromatic rings. The van der Waals surface area contributed by atoms with Crippen LogP contribution in [0.1, 0.15) is 30.5 Å². The minimum atomic E-state index is 0.336. The summed E-state index contributed by atoms with van der Waals surface area (Å²) in [6, 6.07) is 5.88. The molecule has 0 unspecified atom stereocenters. The molecule has 0 aromatic carbocycles. The minimum Gasteiger partial charge on any atom is -0.265 e. The molecule has 3 rings (SSSR count). The third kappa shape index (κ3) is 1.88. The second-order valence-electron chi connectivity index (χ2n) is 4.45. The van der Waals surface area contributed by atoms with Gasteiger partial charge < -0.3 is 0 Å². The van der Waals surface area contributed by atoms with E-state index >= 15 is 0 Å². The smallest absolute Gasteiger partial charge is 0.214 e. The quantitative estimate of drug-likeness (QED) is 0.717. The molecule has 0 aliphatic rings. The first-order chi connectivity index (χ1) is 9.20. The van der Waals surface area contributed by atoms with Crippen molar-refractivity contribution < 1.29 is 0 Å². The van der Waals surface area contributed by atoms with Crippen LogP contribution in [0.4, 0.5) is 0 Å². The van der Waals surface area contributed by atoms with Crippen molar-refractivity contribution in [3.05, 3.63) is 35.2 Å². The molecule has 3 heterocycles. The van der Waals surface area contributed by atoms with Gasteiger partial charge in [-0.3, -0.25) is 4.98 Å². The first-order valence-electron chi connectivity index (χ1n) is 5.90. The molecule has 94 valence electrons. The fourth-order valence-electron chi connectivity index (χ4n) is 1.81. The predicted molar refractivity (Wildman–Crippen MR) is 72.9 cm³/mol. The molecule has 0 aliphatic carbocycles. The van der Waals surface area contributed by atoms with E-state index < -0.39 is 0 Å². The zero-order chi connectivity index (χ0) is 13.4. The van der Waals surface area contributed by atoms with Crippen molar-refractivity contribution in [2.24, 2.45) is 0 Å². The average molecular weight is 269 g/mol. The number of nitrogens with zero attached hydrogens (tertiary/aromatic N) is 5. The highest BCUT2D eigenvalue weighted by atomic mass is 32.1. The van der Waals surface area contributed by atoms with Crippen molar-refractivity contribution in [3.63, 3.8) is 0 Å². The van der Waals surface area contributed by atoms with Gasteiger partial charge in [-0.2, -0.15) is 14.9 Å². The lowest BCUT2D eigenvalue weighted by molar-refractivity contribution is 0.798. The molecule has 0 radical (unpaired) electrons. The van der Waals surface area contributed by atoms with Crippen LogP contribution < -0.4 is 0 Å². The van der Waals surface area contributed by atoms with Gasteiger partial charge in [-0.05, 0) is 12.1 Å². The van der Waals surface area contributed by atoms with Crippen LogP contribution in [-0.2, 0) is 0 Å². The van der Waals surface area contributed by atoms with E-state index in [0.29, 0.717) is 17.3 Å². The number of rotatable bonds is 2. The second kappa shape index (κ2) is 4.44. The van der Waals surface area contributed by atoms with Gasteiger partial charge in [-0.1, -0.05) is 25.2 Å². The molecule has 0 atom stereocenters. The summed E-state index contributed by atoms with van der Waals surface area (Å²) in [6.45, 7) is 4.15. The SMILES string of the molecule is CC(C)c1nn2c(C#N)c(-c3ccncc3)nc2s1. The summed E-state index contributed by atoms with van der Waals surface area (Å²) >= 11 is 1.52. The summed E-state index contributed by atoms with van der Waals surface area (Å²) in [4.78, 5) is 9.26. The van der Waals surface area contributed by atoms with Gasteiger partial charge in [0.2, 0.25) is 4.96 Å². The zero-order valence-electron chi connectivity index (χ0n) is 10.5. The molecule has 0 saturated heterocycles. The van der Waals surface area contributed by atoms with Crippen LogP contribution >= 0.6 is 11.3 Å². The van der Waals surface area contributed by atoms with Gasteiger partial charge in [0.15, 0.2) is 5.69 Å². The number of imidazole rings is 1. The number of aromatic nitrogens is 4. The zero-order valence-corrected chi connectivity index (χ0v) is 11.3. The summed E-state index contributed by atoms with van der Waals surface area (Å²) in [7, 11) is 0. The van der Waals surface area contributed by atoms with Gasteiger partial charge >= 0.3 is 0 Å². The number of hydrogen-bond donors (Lipinski definition) is 0. The van der Waals surface area contributed by atoms with Crippen molar-refractivity contribution in [3.8, 4) is 17.3 Å². The fourth-order valence-corrected chi connectivity index (χ4v) is 2.71. The van der Waals surface area contributed by atoms with E-state index in [1.54, 1.807) is 16.9 Å². The van der Waals surface area contributed by atoms with Crippen LogP contribution in [0.3, 0.4) is 0 Å². The Kier molecular flexibility index (Phi) is 2.76. The normalized spacial score (nSPS) is 11.1. The third-order valence-electron chi connectivity index (χ3n) is 2.77. The van der Waals surface area contributed by atoms with Crippen molar-refractivity contribution in [2.75, 3.05) is 0 Å². The fraction of sp³-hybridized carbons (Fsp3) is 0.231. The maximum Gasteiger partial charge on any atom is 0.214 e. The van der Waals surface area contributed by atoms with Gasteiger partial charge in [0.05, 0.1) is 0 Å². The van der Waals surface area contributed by atoms with E-state index in [0.717, 1.165) is 15.5 Å². The third-order valence-corrected chi connectivity index (χ3v) is 3.98. The molecule has 0 saturated carbocycles. The van der Waals surface area contributed by atoms with E-state index in [4.69, 9.17) is 0 Å². The molecule has 6 heteroatoms. The van der Waals surface area contributed by atoms with Crippen LogP contribution in [-0.4, -0.2) is 19.6 Å². The van der Waals surface area contributed by atoms with E-state index in [1.807, 2.05) is 12.1 Å². The molecule has 0 spiro atoms. The Hall–Kier alpha value is -2.26. The molecule has 0 amide bonds. The Morgan fingerprint density at radius 1 is 1.32 bits per heavy atom. The summed E-state index contributed by atoms with van der Waals surface area (Å²) in [5.41, 5.74) is 2.03. The highest BCUT2D eigenvalue weighted by molar-refractivity contribution is 7.16. The Morgan fingerprint density at radius 3 is 2.68 bits per heavy atom. The number of pyridine rings is 1. The van der Waals surface area contributed by atoms with Crippen LogP contribution in [0.25, 0.3) is 16.2 Å². The number of hydrogen-bond acceptors (Lipinski definition) is 5. The van der Waals surface area contributed by atoms with Crippen LogP contribution in [0.2, 0.25) is 0 Å². The van der Waals surface area contributed by atoms with Crippen molar-refractivity contribution in [2.45, 2.75) is 19.8 Å². The van der Waals surface area contributed by atoms with Crippen LogP contribution in [0, 0.1) is 11.3 Å². The highest BCUT2D eigenvalue weighted by Gasteiger charge is 2.18. The first kappa shape index (κ1) is 11.8. The van der Waals surface area contributed by atoms with E-state index in [1.165, 1.54) is 11.3 Å². The molecule has 0 fully saturated rings. The molecule has 0 aliphatic heterocycles. The van der Waals surface area contributed by atoms with Gasteiger partial charge in [0.25, 0.3) is 0 Å². The van der Waals surface area contributed by atoms with Crippen molar-refractivity contribution >= 4 is 16.3 Å². The molecule has 5 nitrogen and oxygen atoms in total. The monoisotopic (exact) mass is 269 g/mol. The Morgan fingerprint density at radius 2 is 2.05 bits per heavy atom. The molecule has 0 N–H and O–H groups in total. The largest absolute Gasteiger partial charge is 0.265 e. The number of nitriles is 1. The Balaban J connectivity index is 2.23. The highest BCUT2D eigenvalue weighted by Crippen LogP contribution is 2.28. The Labute approximate surface area is 114 Å². The summed E-state index contributed by atoms with van der Waals surface area (Å²) in [5, 5.41) is 14.8. The molecule has 3 aromatic heterocycles. The lowest BCUT2D eigenvalue weighted by Gasteiger charge is -1.97.